The fourth-order valence-corrected chi connectivity index (χ4v) is 3.11. The fourth-order valence-electron chi connectivity index (χ4n) is 1.64. The average Bonchev–Trinajstić information content (AvgIpc) is 2.40. The van der Waals surface area contributed by atoms with Gasteiger partial charge in [0.15, 0.2) is 0 Å². The van der Waals surface area contributed by atoms with Crippen LogP contribution in [0.3, 0.4) is 0 Å². The molecule has 4 heteroatoms. The maximum atomic E-state index is 4.04. The van der Waals surface area contributed by atoms with Crippen molar-refractivity contribution in [3.63, 3.8) is 0 Å². The van der Waals surface area contributed by atoms with Gasteiger partial charge in [0, 0.05) is 38.7 Å². The molecule has 2 nitrogen and oxygen atoms in total. The number of nitrogens with zero attached hydrogens (tertiary/aromatic N) is 1. The van der Waals surface area contributed by atoms with Crippen LogP contribution in [0, 0.1) is 0 Å². The number of nitrogens with one attached hydrogen (secondary N) is 1. The van der Waals surface area contributed by atoms with Crippen molar-refractivity contribution in [2.45, 2.75) is 42.6 Å². The van der Waals surface area contributed by atoms with Gasteiger partial charge in [-0.1, -0.05) is 17.8 Å². The standard InChI is InChI=1S/C16H19BrN2S/c1-16(2,3)19-11-12-4-5-15(14(17)10-12)20-13-6-8-18-9-7-13/h4-10,19H,11H2,1-3H3. The van der Waals surface area contributed by atoms with Crippen molar-refractivity contribution in [3.8, 4) is 0 Å². The Morgan fingerprint density at radius 2 is 1.85 bits per heavy atom. The second-order valence-corrected chi connectivity index (χ2v) is 7.62. The van der Waals surface area contributed by atoms with Gasteiger partial charge in [-0.15, -0.1) is 0 Å². The first kappa shape index (κ1) is 15.5. The molecule has 0 atom stereocenters. The van der Waals surface area contributed by atoms with Gasteiger partial charge in [-0.25, -0.2) is 0 Å². The summed E-state index contributed by atoms with van der Waals surface area (Å²) in [5.41, 5.74) is 1.42. The molecule has 0 fully saturated rings. The quantitative estimate of drug-likeness (QED) is 0.850. The van der Waals surface area contributed by atoms with Crippen molar-refractivity contribution in [1.29, 1.82) is 0 Å². The molecule has 1 N–H and O–H groups in total. The molecule has 2 aromatic rings. The van der Waals surface area contributed by atoms with E-state index in [1.54, 1.807) is 11.8 Å². The van der Waals surface area contributed by atoms with Gasteiger partial charge in [-0.2, -0.15) is 0 Å². The van der Waals surface area contributed by atoms with Crippen LogP contribution >= 0.6 is 27.7 Å². The second-order valence-electron chi connectivity index (χ2n) is 5.65. The van der Waals surface area contributed by atoms with E-state index in [2.05, 4.69) is 65.2 Å². The molecule has 0 radical (unpaired) electrons. The molecule has 1 aromatic heterocycles. The minimum Gasteiger partial charge on any atom is -0.308 e. The Labute approximate surface area is 133 Å². The Kier molecular flexibility index (Phi) is 5.24. The van der Waals surface area contributed by atoms with E-state index in [9.17, 15) is 0 Å². The first-order valence-corrected chi connectivity index (χ1v) is 8.16. The second kappa shape index (κ2) is 6.74. The third-order valence-corrected chi connectivity index (χ3v) is 4.70. The molecular formula is C16H19BrN2S. The number of hydrogen-bond acceptors (Lipinski definition) is 3. The first-order valence-electron chi connectivity index (χ1n) is 6.55. The summed E-state index contributed by atoms with van der Waals surface area (Å²) in [5, 5.41) is 3.50. The largest absolute Gasteiger partial charge is 0.308 e. The molecule has 1 heterocycles. The Morgan fingerprint density at radius 1 is 1.15 bits per heavy atom. The SMILES string of the molecule is CC(C)(C)NCc1ccc(Sc2ccncc2)c(Br)c1. The Morgan fingerprint density at radius 3 is 2.45 bits per heavy atom. The van der Waals surface area contributed by atoms with E-state index < -0.39 is 0 Å². The highest BCUT2D eigenvalue weighted by Crippen LogP contribution is 2.33. The smallest absolute Gasteiger partial charge is 0.0318 e. The van der Waals surface area contributed by atoms with Crippen molar-refractivity contribution in [3.05, 3.63) is 52.8 Å². The van der Waals surface area contributed by atoms with Crippen LogP contribution in [0.4, 0.5) is 0 Å². The molecule has 106 valence electrons. The van der Waals surface area contributed by atoms with Crippen molar-refractivity contribution < 1.29 is 0 Å². The molecule has 0 amide bonds. The molecular weight excluding hydrogens is 332 g/mol. The van der Waals surface area contributed by atoms with E-state index in [4.69, 9.17) is 0 Å². The molecule has 1 aromatic carbocycles. The van der Waals surface area contributed by atoms with E-state index in [1.165, 1.54) is 15.4 Å². The minimum atomic E-state index is 0.136. The highest BCUT2D eigenvalue weighted by atomic mass is 79.9. The van der Waals surface area contributed by atoms with Crippen LogP contribution in [0.1, 0.15) is 26.3 Å². The molecule has 0 aliphatic rings. The lowest BCUT2D eigenvalue weighted by Crippen LogP contribution is -2.35. The summed E-state index contributed by atoms with van der Waals surface area (Å²) < 4.78 is 1.13. The van der Waals surface area contributed by atoms with E-state index in [0.29, 0.717) is 0 Å². The number of rotatable bonds is 4. The highest BCUT2D eigenvalue weighted by Gasteiger charge is 2.09. The average molecular weight is 351 g/mol. The van der Waals surface area contributed by atoms with Crippen molar-refractivity contribution in [2.75, 3.05) is 0 Å². The Hall–Kier alpha value is -0.840. The summed E-state index contributed by atoms with van der Waals surface area (Å²) in [6, 6.07) is 10.6. The maximum absolute atomic E-state index is 4.04. The topological polar surface area (TPSA) is 24.9 Å². The van der Waals surface area contributed by atoms with Gasteiger partial charge in [0.2, 0.25) is 0 Å². The van der Waals surface area contributed by atoms with Crippen LogP contribution in [0.5, 0.6) is 0 Å². The van der Waals surface area contributed by atoms with Crippen LogP contribution in [0.2, 0.25) is 0 Å². The third-order valence-electron chi connectivity index (χ3n) is 2.70. The summed E-state index contributed by atoms with van der Waals surface area (Å²) in [5.74, 6) is 0. The molecule has 20 heavy (non-hydrogen) atoms. The molecule has 0 unspecified atom stereocenters. The zero-order valence-corrected chi connectivity index (χ0v) is 14.4. The Balaban J connectivity index is 2.06. The minimum absolute atomic E-state index is 0.136. The maximum Gasteiger partial charge on any atom is 0.0318 e. The van der Waals surface area contributed by atoms with Gasteiger partial charge >= 0.3 is 0 Å². The van der Waals surface area contributed by atoms with E-state index >= 15 is 0 Å². The molecule has 0 aliphatic carbocycles. The van der Waals surface area contributed by atoms with Gasteiger partial charge in [0.05, 0.1) is 0 Å². The lowest BCUT2D eigenvalue weighted by atomic mass is 10.1. The summed E-state index contributed by atoms with van der Waals surface area (Å²) in [4.78, 5) is 6.45. The predicted octanol–water partition coefficient (Wildman–Crippen LogP) is 4.88. The molecule has 0 bridgehead atoms. The van der Waals surface area contributed by atoms with Crippen LogP contribution in [0.15, 0.2) is 57.0 Å². The van der Waals surface area contributed by atoms with Gasteiger partial charge in [-0.05, 0) is 66.5 Å². The van der Waals surface area contributed by atoms with Crippen molar-refractivity contribution in [2.24, 2.45) is 0 Å². The number of aromatic nitrogens is 1. The zero-order chi connectivity index (χ0) is 14.6. The van der Waals surface area contributed by atoms with Gasteiger partial charge < -0.3 is 5.32 Å². The summed E-state index contributed by atoms with van der Waals surface area (Å²) in [7, 11) is 0. The molecule has 0 aliphatic heterocycles. The molecule has 0 spiro atoms. The first-order chi connectivity index (χ1) is 9.44. The number of benzene rings is 1. The number of halogens is 1. The van der Waals surface area contributed by atoms with Crippen LogP contribution in [-0.4, -0.2) is 10.5 Å². The van der Waals surface area contributed by atoms with Crippen LogP contribution in [0.25, 0.3) is 0 Å². The molecule has 0 saturated carbocycles. The summed E-state index contributed by atoms with van der Waals surface area (Å²) in [6.45, 7) is 7.41. The predicted molar refractivity (Wildman–Crippen MR) is 89.1 cm³/mol. The van der Waals surface area contributed by atoms with E-state index in [-0.39, 0.29) is 5.54 Å². The zero-order valence-electron chi connectivity index (χ0n) is 12.0. The fraction of sp³-hybridized carbons (Fsp3) is 0.312. The Bertz CT molecular complexity index is 564. The lowest BCUT2D eigenvalue weighted by Gasteiger charge is -2.20. The third kappa shape index (κ3) is 4.93. The molecule has 2 rings (SSSR count). The number of pyridine rings is 1. The summed E-state index contributed by atoms with van der Waals surface area (Å²) in [6.07, 6.45) is 3.63. The van der Waals surface area contributed by atoms with Crippen LogP contribution in [-0.2, 0) is 6.54 Å². The highest BCUT2D eigenvalue weighted by molar-refractivity contribution is 9.10. The lowest BCUT2D eigenvalue weighted by molar-refractivity contribution is 0.424. The van der Waals surface area contributed by atoms with Gasteiger partial charge in [0.25, 0.3) is 0 Å². The number of hydrogen-bond donors (Lipinski definition) is 1. The van der Waals surface area contributed by atoms with E-state index in [1.807, 2.05) is 24.5 Å². The van der Waals surface area contributed by atoms with Gasteiger partial charge in [0.1, 0.15) is 0 Å². The molecule has 0 saturated heterocycles. The van der Waals surface area contributed by atoms with Gasteiger partial charge in [-0.3, -0.25) is 4.98 Å². The normalized spacial score (nSPS) is 11.6. The van der Waals surface area contributed by atoms with E-state index in [0.717, 1.165) is 11.0 Å². The summed E-state index contributed by atoms with van der Waals surface area (Å²) >= 11 is 5.40. The van der Waals surface area contributed by atoms with Crippen molar-refractivity contribution >= 4 is 27.7 Å². The monoisotopic (exact) mass is 350 g/mol. The van der Waals surface area contributed by atoms with Crippen molar-refractivity contribution in [1.82, 2.24) is 10.3 Å². The van der Waals surface area contributed by atoms with Crippen LogP contribution < -0.4 is 5.32 Å².